The minimum Gasteiger partial charge on any atom is -0.309 e. The molecule has 0 radical (unpaired) electrons. The summed E-state index contributed by atoms with van der Waals surface area (Å²) in [4.78, 5) is 14.7. The van der Waals surface area contributed by atoms with Gasteiger partial charge >= 0.3 is 0 Å². The Hall–Kier alpha value is -7.89. The second kappa shape index (κ2) is 13.9. The van der Waals surface area contributed by atoms with Gasteiger partial charge in [-0.05, 0) is 65.7 Å². The van der Waals surface area contributed by atoms with E-state index in [0.29, 0.717) is 17.5 Å². The van der Waals surface area contributed by atoms with Crippen molar-refractivity contribution >= 4 is 61.3 Å². The van der Waals surface area contributed by atoms with Gasteiger partial charge in [0.15, 0.2) is 17.5 Å². The first-order valence-corrected chi connectivity index (χ1v) is 19.9. The summed E-state index contributed by atoms with van der Waals surface area (Å²) in [6, 6.07) is 61.9. The normalized spacial score (nSPS) is 12.4. The van der Waals surface area contributed by atoms with E-state index in [4.69, 9.17) is 15.0 Å². The van der Waals surface area contributed by atoms with Crippen LogP contribution in [0.15, 0.2) is 189 Å². The Morgan fingerprint density at radius 2 is 0.966 bits per heavy atom. The quantitative estimate of drug-likeness (QED) is 0.170. The van der Waals surface area contributed by atoms with Gasteiger partial charge in [-0.15, -0.1) is 0 Å². The summed E-state index contributed by atoms with van der Waals surface area (Å²) in [5.74, 6) is 1.94. The molecule has 0 atom stereocenters. The van der Waals surface area contributed by atoms with Crippen LogP contribution in [0, 0.1) is 0 Å². The van der Waals surface area contributed by atoms with Gasteiger partial charge in [0.2, 0.25) is 0 Å². The summed E-state index contributed by atoms with van der Waals surface area (Å²) in [5, 5.41) is 7.29. The summed E-state index contributed by atoms with van der Waals surface area (Å²) >= 11 is 0. The molecule has 59 heavy (non-hydrogen) atoms. The van der Waals surface area contributed by atoms with Gasteiger partial charge in [-0.3, -0.25) is 0 Å². The number of pyridine rings is 1. The van der Waals surface area contributed by atoms with E-state index < -0.39 is 0 Å². The molecule has 0 amide bonds. The lowest BCUT2D eigenvalue weighted by atomic mass is 10.0. The van der Waals surface area contributed by atoms with Crippen molar-refractivity contribution in [2.75, 3.05) is 0 Å². The van der Waals surface area contributed by atoms with E-state index >= 15 is 0 Å². The molecule has 4 aromatic heterocycles. The molecular weight excluding hydrogens is 719 g/mol. The SMILES string of the molecule is C=C/C=c1\c(=C/C)c2cc3ccccc3n2c2ccc3c(c4ccccc4n3-c3ccc(-c4ccc(-c5nc(-c6ccccc6)nc(-c6ccccc6)n5)cc4)cc3)c12. The number of benzene rings is 7. The van der Waals surface area contributed by atoms with Crippen molar-refractivity contribution in [2.45, 2.75) is 6.92 Å². The second-order valence-corrected chi connectivity index (χ2v) is 14.8. The van der Waals surface area contributed by atoms with Crippen LogP contribution >= 0.6 is 0 Å². The maximum atomic E-state index is 4.93. The average Bonchev–Trinajstić information content (AvgIpc) is 3.86. The van der Waals surface area contributed by atoms with Gasteiger partial charge in [0.05, 0.1) is 27.6 Å². The Labute approximate surface area is 340 Å². The first kappa shape index (κ1) is 34.4. The molecule has 0 bridgehead atoms. The number of hydrogen-bond acceptors (Lipinski definition) is 3. The summed E-state index contributed by atoms with van der Waals surface area (Å²) < 4.78 is 4.83. The van der Waals surface area contributed by atoms with Crippen molar-refractivity contribution in [2.24, 2.45) is 0 Å². The van der Waals surface area contributed by atoms with Crippen molar-refractivity contribution in [1.29, 1.82) is 0 Å². The van der Waals surface area contributed by atoms with E-state index in [1.807, 2.05) is 66.7 Å². The van der Waals surface area contributed by atoms with Gasteiger partial charge in [-0.2, -0.15) is 0 Å². The standard InChI is InChI=1S/C54H37N5/c1-3-15-43-42(4-2)49-34-40-20-11-13-22-45(40)59(49)48-33-32-47-51(50(43)48)44-21-12-14-23-46(44)58(47)41-30-28-36(29-31-41)35-24-26-39(27-25-35)54-56-52(37-16-7-5-8-17-37)55-53(57-54)38-18-9-6-10-19-38/h3-34H,1H2,2H3/b42-4+,43-15+. The minimum absolute atomic E-state index is 0.641. The topological polar surface area (TPSA) is 48.0 Å². The van der Waals surface area contributed by atoms with Crippen LogP contribution in [0.4, 0.5) is 0 Å². The maximum absolute atomic E-state index is 4.93. The highest BCUT2D eigenvalue weighted by atomic mass is 15.0. The highest BCUT2D eigenvalue weighted by Gasteiger charge is 2.19. The second-order valence-electron chi connectivity index (χ2n) is 14.8. The molecule has 0 saturated heterocycles. The lowest BCUT2D eigenvalue weighted by Gasteiger charge is -2.12. The number of aromatic nitrogens is 5. The van der Waals surface area contributed by atoms with E-state index in [1.54, 1.807) is 0 Å². The molecule has 0 saturated carbocycles. The van der Waals surface area contributed by atoms with Crippen LogP contribution in [0.25, 0.3) is 112 Å². The van der Waals surface area contributed by atoms with Crippen LogP contribution in [-0.2, 0) is 0 Å². The predicted molar refractivity (Wildman–Crippen MR) is 246 cm³/mol. The third-order valence-electron chi connectivity index (χ3n) is 11.5. The zero-order valence-corrected chi connectivity index (χ0v) is 32.4. The molecule has 0 spiro atoms. The lowest BCUT2D eigenvalue weighted by Crippen LogP contribution is -2.28. The van der Waals surface area contributed by atoms with Gasteiger partial charge in [0.25, 0.3) is 0 Å². The van der Waals surface area contributed by atoms with Crippen LogP contribution in [0.5, 0.6) is 0 Å². The van der Waals surface area contributed by atoms with Gasteiger partial charge in [-0.25, -0.2) is 15.0 Å². The highest BCUT2D eigenvalue weighted by Crippen LogP contribution is 2.37. The highest BCUT2D eigenvalue weighted by molar-refractivity contribution is 6.22. The van der Waals surface area contributed by atoms with Crippen molar-refractivity contribution in [3.05, 3.63) is 199 Å². The first-order valence-electron chi connectivity index (χ1n) is 19.9. The number of fused-ring (bicyclic) bond motifs is 9. The van der Waals surface area contributed by atoms with E-state index in [1.165, 1.54) is 54.0 Å². The molecule has 0 aliphatic carbocycles. The maximum Gasteiger partial charge on any atom is 0.164 e. The van der Waals surface area contributed by atoms with Crippen LogP contribution in [0.2, 0.25) is 0 Å². The molecule has 5 nitrogen and oxygen atoms in total. The van der Waals surface area contributed by atoms with Crippen molar-refractivity contribution in [1.82, 2.24) is 23.9 Å². The Morgan fingerprint density at radius 3 is 1.59 bits per heavy atom. The molecule has 11 rings (SSSR count). The van der Waals surface area contributed by atoms with Gasteiger partial charge in [0, 0.05) is 49.1 Å². The number of nitrogens with zero attached hydrogens (tertiary/aromatic N) is 5. The summed E-state index contributed by atoms with van der Waals surface area (Å²) in [7, 11) is 0. The molecule has 278 valence electrons. The Kier molecular flexibility index (Phi) is 8.12. The molecule has 0 N–H and O–H groups in total. The zero-order valence-electron chi connectivity index (χ0n) is 32.4. The van der Waals surface area contributed by atoms with Gasteiger partial charge < -0.3 is 8.97 Å². The largest absolute Gasteiger partial charge is 0.309 e. The molecule has 0 fully saturated rings. The third-order valence-corrected chi connectivity index (χ3v) is 11.5. The smallest absolute Gasteiger partial charge is 0.164 e. The fourth-order valence-electron chi connectivity index (χ4n) is 8.82. The van der Waals surface area contributed by atoms with Crippen LogP contribution < -0.4 is 10.4 Å². The monoisotopic (exact) mass is 755 g/mol. The van der Waals surface area contributed by atoms with E-state index in [0.717, 1.165) is 39.0 Å². The Bertz CT molecular complexity index is 3490. The fraction of sp³-hybridized carbons (Fsp3) is 0.0185. The summed E-state index contributed by atoms with van der Waals surface area (Å²) in [6.45, 7) is 6.28. The van der Waals surface area contributed by atoms with Crippen molar-refractivity contribution in [3.63, 3.8) is 0 Å². The molecule has 11 aromatic rings. The zero-order chi connectivity index (χ0) is 39.5. The number of allylic oxidation sites excluding steroid dienone is 1. The molecular formula is C54H37N5. The number of hydrogen-bond donors (Lipinski definition) is 0. The molecule has 0 aliphatic rings. The van der Waals surface area contributed by atoms with Gasteiger partial charge in [0.1, 0.15) is 0 Å². The van der Waals surface area contributed by atoms with Gasteiger partial charge in [-0.1, -0.05) is 158 Å². The van der Waals surface area contributed by atoms with E-state index in [9.17, 15) is 0 Å². The van der Waals surface area contributed by atoms with E-state index in [-0.39, 0.29) is 0 Å². The molecule has 7 aromatic carbocycles. The lowest BCUT2D eigenvalue weighted by molar-refractivity contribution is 1.07. The molecule has 0 aliphatic heterocycles. The molecule has 5 heteroatoms. The van der Waals surface area contributed by atoms with Crippen molar-refractivity contribution < 1.29 is 0 Å². The Morgan fingerprint density at radius 1 is 0.441 bits per heavy atom. The number of para-hydroxylation sites is 2. The minimum atomic E-state index is 0.641. The van der Waals surface area contributed by atoms with Crippen LogP contribution in [0.3, 0.4) is 0 Å². The summed E-state index contributed by atoms with van der Waals surface area (Å²) in [6.07, 6.45) is 6.32. The number of rotatable bonds is 6. The molecule has 4 heterocycles. The van der Waals surface area contributed by atoms with Crippen LogP contribution in [0.1, 0.15) is 6.92 Å². The molecule has 0 unspecified atom stereocenters. The third kappa shape index (κ3) is 5.58. The average molecular weight is 756 g/mol. The van der Waals surface area contributed by atoms with E-state index in [2.05, 4.69) is 150 Å². The summed E-state index contributed by atoms with van der Waals surface area (Å²) in [5.41, 5.74) is 12.1. The fourth-order valence-corrected chi connectivity index (χ4v) is 8.82. The van der Waals surface area contributed by atoms with Crippen molar-refractivity contribution in [3.8, 4) is 51.0 Å². The predicted octanol–water partition coefficient (Wildman–Crippen LogP) is 12.0. The first-order chi connectivity index (χ1) is 29.2. The Balaban J connectivity index is 1.03. The van der Waals surface area contributed by atoms with Crippen LogP contribution in [-0.4, -0.2) is 23.9 Å².